The van der Waals surface area contributed by atoms with Gasteiger partial charge in [-0.2, -0.15) is 0 Å². The predicted octanol–water partition coefficient (Wildman–Crippen LogP) is -2.03. The van der Waals surface area contributed by atoms with Crippen LogP contribution >= 0.6 is 0 Å². The van der Waals surface area contributed by atoms with Crippen molar-refractivity contribution in [1.29, 1.82) is 0 Å². The zero-order valence-corrected chi connectivity index (χ0v) is 9.27. The van der Waals surface area contributed by atoms with Crippen LogP contribution in [0, 0.1) is 0 Å². The van der Waals surface area contributed by atoms with Gasteiger partial charge in [0.2, 0.25) is 0 Å². The number of nitrogens with zero attached hydrogens (tertiary/aromatic N) is 1. The van der Waals surface area contributed by atoms with Crippen LogP contribution < -0.4 is 0 Å². The molecule has 5 atom stereocenters. The number of aliphatic hydroxyl groups is 3. The van der Waals surface area contributed by atoms with E-state index < -0.39 is 36.6 Å². The first-order valence-corrected chi connectivity index (χ1v) is 5.66. The van der Waals surface area contributed by atoms with Crippen LogP contribution in [0.4, 0.5) is 0 Å². The molecule has 0 bridgehead atoms. The Morgan fingerprint density at radius 2 is 1.94 bits per heavy atom. The van der Waals surface area contributed by atoms with Gasteiger partial charge in [-0.15, -0.1) is 0 Å². The van der Waals surface area contributed by atoms with Crippen LogP contribution in [0.2, 0.25) is 0 Å². The van der Waals surface area contributed by atoms with E-state index in [9.17, 15) is 20.1 Å². The molecule has 0 radical (unpaired) electrons. The molecule has 2 fully saturated rings. The van der Waals surface area contributed by atoms with E-state index in [0.29, 0.717) is 19.4 Å². The standard InChI is InChI=1S/C10H17NO6/c12-6-4-17-9(8(14)7(6)13)11-3-1-2-5(11)10(15)16/h5-9,12-14H,1-4H2,(H,15,16)/t5-,6+,7-,8+,9+/m0/s1. The van der Waals surface area contributed by atoms with Crippen molar-refractivity contribution in [3.05, 3.63) is 0 Å². The van der Waals surface area contributed by atoms with Crippen molar-refractivity contribution in [1.82, 2.24) is 4.90 Å². The average molecular weight is 247 g/mol. The molecule has 98 valence electrons. The van der Waals surface area contributed by atoms with E-state index in [4.69, 9.17) is 9.84 Å². The van der Waals surface area contributed by atoms with Crippen molar-refractivity contribution >= 4 is 5.97 Å². The molecule has 17 heavy (non-hydrogen) atoms. The topological polar surface area (TPSA) is 110 Å². The lowest BCUT2D eigenvalue weighted by atomic mass is 10.0. The molecule has 0 aromatic rings. The van der Waals surface area contributed by atoms with E-state index in [1.807, 2.05) is 0 Å². The van der Waals surface area contributed by atoms with E-state index in [0.717, 1.165) is 0 Å². The minimum absolute atomic E-state index is 0.105. The molecular weight excluding hydrogens is 230 g/mol. The molecule has 0 aromatic heterocycles. The van der Waals surface area contributed by atoms with Gasteiger partial charge in [-0.05, 0) is 12.8 Å². The normalized spacial score (nSPS) is 43.8. The number of hydrogen-bond donors (Lipinski definition) is 4. The highest BCUT2D eigenvalue weighted by Crippen LogP contribution is 2.26. The van der Waals surface area contributed by atoms with Gasteiger partial charge in [0.1, 0.15) is 30.6 Å². The lowest BCUT2D eigenvalue weighted by Crippen LogP contribution is -2.60. The Labute approximate surface area is 98.2 Å². The van der Waals surface area contributed by atoms with Crippen LogP contribution in [0.1, 0.15) is 12.8 Å². The molecule has 0 unspecified atom stereocenters. The zero-order valence-electron chi connectivity index (χ0n) is 9.27. The number of aliphatic carboxylic acids is 1. The molecule has 2 saturated heterocycles. The first-order valence-electron chi connectivity index (χ1n) is 5.66. The highest BCUT2D eigenvalue weighted by molar-refractivity contribution is 5.73. The Hall–Kier alpha value is -0.730. The van der Waals surface area contributed by atoms with Gasteiger partial charge in [0, 0.05) is 6.54 Å². The maximum Gasteiger partial charge on any atom is 0.320 e. The van der Waals surface area contributed by atoms with Gasteiger partial charge in [-0.1, -0.05) is 0 Å². The largest absolute Gasteiger partial charge is 0.480 e. The van der Waals surface area contributed by atoms with E-state index in [-0.39, 0.29) is 6.61 Å². The van der Waals surface area contributed by atoms with Crippen molar-refractivity contribution < 1.29 is 30.0 Å². The average Bonchev–Trinajstić information content (AvgIpc) is 2.75. The van der Waals surface area contributed by atoms with Crippen molar-refractivity contribution in [2.45, 2.75) is 43.4 Å². The Balaban J connectivity index is 2.09. The molecule has 2 aliphatic heterocycles. The quantitative estimate of drug-likeness (QED) is 0.445. The zero-order chi connectivity index (χ0) is 12.6. The second-order valence-electron chi connectivity index (χ2n) is 4.51. The molecule has 0 aromatic carbocycles. The number of ether oxygens (including phenoxy) is 1. The maximum atomic E-state index is 11.0. The van der Waals surface area contributed by atoms with Gasteiger partial charge >= 0.3 is 5.97 Å². The van der Waals surface area contributed by atoms with E-state index in [1.54, 1.807) is 0 Å². The van der Waals surface area contributed by atoms with Crippen molar-refractivity contribution in [3.8, 4) is 0 Å². The lowest BCUT2D eigenvalue weighted by molar-refractivity contribution is -0.231. The molecule has 7 heteroatoms. The third kappa shape index (κ3) is 2.29. The minimum Gasteiger partial charge on any atom is -0.480 e. The third-order valence-corrected chi connectivity index (χ3v) is 3.38. The second-order valence-corrected chi connectivity index (χ2v) is 4.51. The monoisotopic (exact) mass is 247 g/mol. The Morgan fingerprint density at radius 1 is 1.24 bits per heavy atom. The minimum atomic E-state index is -1.30. The fourth-order valence-electron chi connectivity index (χ4n) is 2.44. The van der Waals surface area contributed by atoms with Crippen molar-refractivity contribution in [2.75, 3.05) is 13.2 Å². The summed E-state index contributed by atoms with van der Waals surface area (Å²) < 4.78 is 5.24. The van der Waals surface area contributed by atoms with Gasteiger partial charge in [0.05, 0.1) is 6.61 Å². The SMILES string of the molecule is O=C(O)[C@@H]1CCCN1[C@@H]1OC[C@@H](O)[C@H](O)[C@H]1O. The molecular formula is C10H17NO6. The number of carbonyl (C=O) groups is 1. The molecule has 4 N–H and O–H groups in total. The lowest BCUT2D eigenvalue weighted by Gasteiger charge is -2.41. The molecule has 2 heterocycles. The van der Waals surface area contributed by atoms with Crippen molar-refractivity contribution in [2.24, 2.45) is 0 Å². The van der Waals surface area contributed by atoms with E-state index in [1.165, 1.54) is 4.90 Å². The molecule has 0 spiro atoms. The van der Waals surface area contributed by atoms with E-state index >= 15 is 0 Å². The summed E-state index contributed by atoms with van der Waals surface area (Å²) in [6.07, 6.45) is -3.38. The van der Waals surface area contributed by atoms with Crippen LogP contribution in [0.3, 0.4) is 0 Å². The molecule has 0 amide bonds. The Bertz CT molecular complexity index is 299. The van der Waals surface area contributed by atoms with Gasteiger partial charge in [-0.3, -0.25) is 9.69 Å². The van der Waals surface area contributed by atoms with Crippen LogP contribution in [-0.4, -0.2) is 75.0 Å². The summed E-state index contributed by atoms with van der Waals surface area (Å²) in [4.78, 5) is 12.5. The second kappa shape index (κ2) is 4.87. The molecule has 2 rings (SSSR count). The summed E-state index contributed by atoms with van der Waals surface area (Å²) in [5.74, 6) is -0.959. The molecule has 0 saturated carbocycles. The number of carboxylic acid groups (broad SMARTS) is 1. The summed E-state index contributed by atoms with van der Waals surface area (Å²) in [6, 6.07) is -0.697. The third-order valence-electron chi connectivity index (χ3n) is 3.38. The fraction of sp³-hybridized carbons (Fsp3) is 0.900. The van der Waals surface area contributed by atoms with E-state index in [2.05, 4.69) is 0 Å². The Morgan fingerprint density at radius 3 is 2.59 bits per heavy atom. The summed E-state index contributed by atoms with van der Waals surface area (Å²) in [5, 5.41) is 37.7. The van der Waals surface area contributed by atoms with Crippen LogP contribution in [0.25, 0.3) is 0 Å². The molecule has 7 nitrogen and oxygen atoms in total. The maximum absolute atomic E-state index is 11.0. The van der Waals surface area contributed by atoms with Gasteiger partial charge in [0.25, 0.3) is 0 Å². The fourth-order valence-corrected chi connectivity index (χ4v) is 2.44. The Kier molecular flexibility index (Phi) is 3.64. The highest BCUT2D eigenvalue weighted by atomic mass is 16.5. The number of hydrogen-bond acceptors (Lipinski definition) is 6. The highest BCUT2D eigenvalue weighted by Gasteiger charge is 2.45. The molecule has 0 aliphatic carbocycles. The van der Waals surface area contributed by atoms with Crippen LogP contribution in [0.15, 0.2) is 0 Å². The van der Waals surface area contributed by atoms with Crippen LogP contribution in [-0.2, 0) is 9.53 Å². The number of aliphatic hydroxyl groups excluding tert-OH is 3. The first-order chi connectivity index (χ1) is 8.02. The smallest absolute Gasteiger partial charge is 0.320 e. The first kappa shape index (κ1) is 12.7. The van der Waals surface area contributed by atoms with Crippen LogP contribution in [0.5, 0.6) is 0 Å². The van der Waals surface area contributed by atoms with Gasteiger partial charge in [-0.25, -0.2) is 0 Å². The summed E-state index contributed by atoms with van der Waals surface area (Å²) in [5.41, 5.74) is 0. The summed E-state index contributed by atoms with van der Waals surface area (Å²) in [6.45, 7) is 0.396. The van der Waals surface area contributed by atoms with Gasteiger partial charge in [0.15, 0.2) is 0 Å². The molecule has 2 aliphatic rings. The number of carboxylic acids is 1. The summed E-state index contributed by atoms with van der Waals surface area (Å²) >= 11 is 0. The van der Waals surface area contributed by atoms with Crippen molar-refractivity contribution in [3.63, 3.8) is 0 Å². The van der Waals surface area contributed by atoms with Gasteiger partial charge < -0.3 is 25.2 Å². The predicted molar refractivity (Wildman–Crippen MR) is 55.1 cm³/mol. The summed E-state index contributed by atoms with van der Waals surface area (Å²) in [7, 11) is 0. The number of likely N-dealkylation sites (tertiary alicyclic amines) is 1. The number of rotatable bonds is 2.